The molecule has 2 amide bonds. The molecule has 8 heteroatoms. The molecular formula is C22H20BrN3O3S. The molecule has 0 aliphatic heterocycles. The van der Waals surface area contributed by atoms with Crippen molar-refractivity contribution in [2.75, 3.05) is 6.61 Å². The molecule has 0 fully saturated rings. The number of aryl methyl sites for hydroxylation is 1. The molecule has 3 N–H and O–H groups in total. The summed E-state index contributed by atoms with van der Waals surface area (Å²) in [4.78, 5) is 24.2. The van der Waals surface area contributed by atoms with E-state index in [1.54, 1.807) is 6.07 Å². The van der Waals surface area contributed by atoms with Gasteiger partial charge in [-0.05, 0) is 59.2 Å². The Balaban J connectivity index is 1.43. The second kappa shape index (κ2) is 10.2. The standard InChI is InChI=1S/C22H20BrN3O3S/c1-14-11-17(9-10-19(14)23)29-13-21(28)24-22(30)26-25-20(27)12-16-7-4-6-15-5-2-3-8-18(15)16/h2-11H,12-13H2,1H3,(H,25,27)(H2,24,26,28,30). The molecule has 30 heavy (non-hydrogen) atoms. The van der Waals surface area contributed by atoms with Crippen molar-refractivity contribution in [3.05, 3.63) is 76.3 Å². The first kappa shape index (κ1) is 21.7. The fraction of sp³-hybridized carbons (Fsp3) is 0.136. The smallest absolute Gasteiger partial charge is 0.264 e. The predicted octanol–water partition coefficient (Wildman–Crippen LogP) is 3.55. The Hall–Kier alpha value is -2.97. The third-order valence-electron chi connectivity index (χ3n) is 4.30. The Labute approximate surface area is 188 Å². The summed E-state index contributed by atoms with van der Waals surface area (Å²) in [6, 6.07) is 19.1. The van der Waals surface area contributed by atoms with Gasteiger partial charge in [0.2, 0.25) is 5.91 Å². The number of rotatable bonds is 5. The first-order valence-corrected chi connectivity index (χ1v) is 10.4. The molecule has 0 radical (unpaired) electrons. The van der Waals surface area contributed by atoms with E-state index in [0.29, 0.717) is 5.75 Å². The summed E-state index contributed by atoms with van der Waals surface area (Å²) in [7, 11) is 0. The number of carbonyl (C=O) groups is 2. The van der Waals surface area contributed by atoms with Crippen LogP contribution in [0.2, 0.25) is 0 Å². The van der Waals surface area contributed by atoms with E-state index in [4.69, 9.17) is 17.0 Å². The van der Waals surface area contributed by atoms with Gasteiger partial charge in [0.1, 0.15) is 5.75 Å². The molecule has 6 nitrogen and oxygen atoms in total. The van der Waals surface area contributed by atoms with Crippen LogP contribution in [0.5, 0.6) is 5.75 Å². The molecule has 0 spiro atoms. The van der Waals surface area contributed by atoms with E-state index in [2.05, 4.69) is 32.1 Å². The van der Waals surface area contributed by atoms with Crippen LogP contribution in [0.25, 0.3) is 10.8 Å². The topological polar surface area (TPSA) is 79.5 Å². The lowest BCUT2D eigenvalue weighted by atomic mass is 10.0. The Morgan fingerprint density at radius 3 is 2.57 bits per heavy atom. The highest BCUT2D eigenvalue weighted by Gasteiger charge is 2.09. The number of hydrazine groups is 1. The minimum Gasteiger partial charge on any atom is -0.484 e. The van der Waals surface area contributed by atoms with Gasteiger partial charge in [-0.15, -0.1) is 0 Å². The lowest BCUT2D eigenvalue weighted by Gasteiger charge is -2.12. The molecule has 0 heterocycles. The van der Waals surface area contributed by atoms with Gasteiger partial charge >= 0.3 is 0 Å². The number of nitrogens with one attached hydrogen (secondary N) is 3. The normalized spacial score (nSPS) is 10.3. The molecule has 0 aliphatic carbocycles. The Morgan fingerprint density at radius 1 is 1.00 bits per heavy atom. The zero-order valence-corrected chi connectivity index (χ0v) is 18.6. The van der Waals surface area contributed by atoms with E-state index in [-0.39, 0.29) is 24.0 Å². The summed E-state index contributed by atoms with van der Waals surface area (Å²) in [5.74, 6) is -0.131. The number of thiocarbonyl (C=S) groups is 1. The second-order valence-corrected chi connectivity index (χ2v) is 7.83. The Bertz CT molecular complexity index is 1100. The predicted molar refractivity (Wildman–Crippen MR) is 124 cm³/mol. The highest BCUT2D eigenvalue weighted by molar-refractivity contribution is 9.10. The maximum absolute atomic E-state index is 12.2. The van der Waals surface area contributed by atoms with Crippen LogP contribution >= 0.6 is 28.1 Å². The molecule has 0 atom stereocenters. The van der Waals surface area contributed by atoms with E-state index >= 15 is 0 Å². The van der Waals surface area contributed by atoms with Crippen LogP contribution in [0.3, 0.4) is 0 Å². The number of carbonyl (C=O) groups excluding carboxylic acids is 2. The molecule has 3 aromatic carbocycles. The summed E-state index contributed by atoms with van der Waals surface area (Å²) >= 11 is 8.45. The van der Waals surface area contributed by atoms with Crippen molar-refractivity contribution < 1.29 is 14.3 Å². The van der Waals surface area contributed by atoms with Crippen molar-refractivity contribution in [3.63, 3.8) is 0 Å². The van der Waals surface area contributed by atoms with Crippen molar-refractivity contribution in [3.8, 4) is 5.75 Å². The number of hydrogen-bond donors (Lipinski definition) is 3. The van der Waals surface area contributed by atoms with Gasteiger partial charge in [-0.2, -0.15) is 0 Å². The van der Waals surface area contributed by atoms with Crippen LogP contribution in [-0.4, -0.2) is 23.5 Å². The van der Waals surface area contributed by atoms with Crippen molar-refractivity contribution in [1.29, 1.82) is 0 Å². The highest BCUT2D eigenvalue weighted by atomic mass is 79.9. The number of hydrogen-bond acceptors (Lipinski definition) is 4. The lowest BCUT2D eigenvalue weighted by Crippen LogP contribution is -2.49. The number of amides is 2. The summed E-state index contributed by atoms with van der Waals surface area (Å²) in [6.07, 6.45) is 0.178. The summed E-state index contributed by atoms with van der Waals surface area (Å²) in [6.45, 7) is 1.73. The average Bonchev–Trinajstić information content (AvgIpc) is 2.73. The zero-order chi connectivity index (χ0) is 21.5. The van der Waals surface area contributed by atoms with E-state index in [1.807, 2.05) is 61.5 Å². The van der Waals surface area contributed by atoms with Gasteiger partial charge in [0.15, 0.2) is 11.7 Å². The van der Waals surface area contributed by atoms with Crippen LogP contribution in [0, 0.1) is 6.92 Å². The Kier molecular flexibility index (Phi) is 7.37. The molecule has 154 valence electrons. The molecule has 0 saturated carbocycles. The van der Waals surface area contributed by atoms with Gasteiger partial charge in [-0.3, -0.25) is 25.8 Å². The van der Waals surface area contributed by atoms with Crippen molar-refractivity contribution in [1.82, 2.24) is 16.2 Å². The SMILES string of the molecule is Cc1cc(OCC(=O)NC(=S)NNC(=O)Cc2cccc3ccccc23)ccc1Br. The average molecular weight is 486 g/mol. The molecule has 0 unspecified atom stereocenters. The number of halogens is 1. The third kappa shape index (κ3) is 6.01. The maximum Gasteiger partial charge on any atom is 0.264 e. The van der Waals surface area contributed by atoms with E-state index in [0.717, 1.165) is 26.4 Å². The van der Waals surface area contributed by atoms with Gasteiger partial charge in [0.05, 0.1) is 6.42 Å². The van der Waals surface area contributed by atoms with Crippen LogP contribution in [0.15, 0.2) is 65.1 Å². The number of fused-ring (bicyclic) bond motifs is 1. The largest absolute Gasteiger partial charge is 0.484 e. The van der Waals surface area contributed by atoms with E-state index < -0.39 is 5.91 Å². The second-order valence-electron chi connectivity index (χ2n) is 6.57. The van der Waals surface area contributed by atoms with Crippen molar-refractivity contribution in [2.24, 2.45) is 0 Å². The van der Waals surface area contributed by atoms with E-state index in [9.17, 15) is 9.59 Å². The molecular weight excluding hydrogens is 466 g/mol. The molecule has 0 saturated heterocycles. The van der Waals surface area contributed by atoms with Gasteiger partial charge < -0.3 is 4.74 Å². The van der Waals surface area contributed by atoms with Crippen molar-refractivity contribution >= 4 is 55.8 Å². The molecule has 0 aromatic heterocycles. The lowest BCUT2D eigenvalue weighted by molar-refractivity contribution is -0.122. The molecule has 3 rings (SSSR count). The quantitative estimate of drug-likeness (QED) is 0.380. The monoisotopic (exact) mass is 485 g/mol. The van der Waals surface area contributed by atoms with Crippen LogP contribution in [0.1, 0.15) is 11.1 Å². The molecule has 3 aromatic rings. The zero-order valence-electron chi connectivity index (χ0n) is 16.2. The van der Waals surface area contributed by atoms with Gasteiger partial charge in [0.25, 0.3) is 5.91 Å². The Morgan fingerprint density at radius 2 is 1.77 bits per heavy atom. The first-order valence-electron chi connectivity index (χ1n) is 9.16. The van der Waals surface area contributed by atoms with Gasteiger partial charge in [-0.25, -0.2) is 0 Å². The fourth-order valence-electron chi connectivity index (χ4n) is 2.84. The summed E-state index contributed by atoms with van der Waals surface area (Å²) in [5, 5.41) is 4.53. The van der Waals surface area contributed by atoms with Crippen LogP contribution in [0.4, 0.5) is 0 Å². The van der Waals surface area contributed by atoms with Gasteiger partial charge in [0, 0.05) is 4.47 Å². The number of benzene rings is 3. The van der Waals surface area contributed by atoms with Crippen molar-refractivity contribution in [2.45, 2.75) is 13.3 Å². The molecule has 0 bridgehead atoms. The van der Waals surface area contributed by atoms with Crippen LogP contribution in [-0.2, 0) is 16.0 Å². The first-order chi connectivity index (χ1) is 14.4. The minimum atomic E-state index is -0.434. The van der Waals surface area contributed by atoms with Gasteiger partial charge in [-0.1, -0.05) is 58.4 Å². The highest BCUT2D eigenvalue weighted by Crippen LogP contribution is 2.21. The van der Waals surface area contributed by atoms with E-state index in [1.165, 1.54) is 0 Å². The minimum absolute atomic E-state index is 0.0122. The molecule has 0 aliphatic rings. The fourth-order valence-corrected chi connectivity index (χ4v) is 3.25. The van der Waals surface area contributed by atoms with Crippen LogP contribution < -0.4 is 20.9 Å². The summed E-state index contributed by atoms with van der Waals surface area (Å²) in [5.41, 5.74) is 6.93. The number of ether oxygens (including phenoxy) is 1. The maximum atomic E-state index is 12.2. The summed E-state index contributed by atoms with van der Waals surface area (Å²) < 4.78 is 6.40. The third-order valence-corrected chi connectivity index (χ3v) is 5.39.